The number of hydrogen-bond acceptors (Lipinski definition) is 4. The van der Waals surface area contributed by atoms with Crippen LogP contribution in [0.3, 0.4) is 0 Å². The Labute approximate surface area is 129 Å². The molecule has 1 amide bonds. The number of amides is 1. The molecule has 23 heavy (non-hydrogen) atoms. The number of benzene rings is 1. The number of alkyl halides is 2. The first-order chi connectivity index (χ1) is 11.0. The van der Waals surface area contributed by atoms with Crippen LogP contribution >= 0.6 is 0 Å². The van der Waals surface area contributed by atoms with Crippen LogP contribution in [-0.2, 0) is 0 Å². The smallest absolute Gasteiger partial charge is 0.333 e. The van der Waals surface area contributed by atoms with Crippen LogP contribution in [-0.4, -0.2) is 25.8 Å². The predicted octanol–water partition coefficient (Wildman–Crippen LogP) is 3.09. The number of aromatic hydroxyl groups is 1. The quantitative estimate of drug-likeness (QED) is 0.777. The summed E-state index contributed by atoms with van der Waals surface area (Å²) in [5, 5.41) is 16.5. The molecule has 8 heteroatoms. The fraction of sp³-hybridized carbons (Fsp3) is 0.133. The van der Waals surface area contributed by atoms with Crippen LogP contribution in [0.2, 0.25) is 0 Å². The van der Waals surface area contributed by atoms with Crippen molar-refractivity contribution in [2.75, 3.05) is 5.32 Å². The van der Waals surface area contributed by atoms with Gasteiger partial charge in [0.25, 0.3) is 5.91 Å². The molecule has 3 rings (SSSR count). The Bertz CT molecular complexity index is 892. The number of pyridine rings is 1. The molecule has 0 bridgehead atoms. The third-order valence-corrected chi connectivity index (χ3v) is 3.33. The van der Waals surface area contributed by atoms with Crippen molar-refractivity contribution in [3.05, 3.63) is 47.9 Å². The molecule has 0 radical (unpaired) electrons. The molecule has 0 fully saturated rings. The van der Waals surface area contributed by atoms with Gasteiger partial charge in [-0.25, -0.2) is 9.67 Å². The second kappa shape index (κ2) is 5.64. The van der Waals surface area contributed by atoms with Gasteiger partial charge in [0, 0.05) is 5.39 Å². The Morgan fingerprint density at radius 2 is 2.09 bits per heavy atom. The number of rotatable bonds is 3. The standard InChI is InChI=1S/C15H12F2N4O2/c1-8-13(22)12(10-4-2-3-5-11(10)19-8)14(23)20-9-6-18-21(7-9)15(16)17/h2-7,15,22H,1H3,(H,20,23). The molecule has 0 aliphatic carbocycles. The minimum absolute atomic E-state index is 0.0397. The Kier molecular flexibility index (Phi) is 3.65. The van der Waals surface area contributed by atoms with E-state index >= 15 is 0 Å². The highest BCUT2D eigenvalue weighted by Crippen LogP contribution is 2.29. The monoisotopic (exact) mass is 318 g/mol. The van der Waals surface area contributed by atoms with Gasteiger partial charge in [-0.05, 0) is 13.0 Å². The largest absolute Gasteiger partial charge is 0.505 e. The molecule has 0 saturated carbocycles. The molecule has 0 saturated heterocycles. The molecule has 3 aromatic rings. The SMILES string of the molecule is Cc1nc2ccccc2c(C(=O)Nc2cnn(C(F)F)c2)c1O. The highest BCUT2D eigenvalue weighted by atomic mass is 19.3. The van der Waals surface area contributed by atoms with Gasteiger partial charge in [0.05, 0.1) is 34.9 Å². The average Bonchev–Trinajstić information content (AvgIpc) is 2.97. The van der Waals surface area contributed by atoms with Crippen molar-refractivity contribution < 1.29 is 18.7 Å². The highest BCUT2D eigenvalue weighted by Gasteiger charge is 2.19. The number of para-hydroxylation sites is 1. The molecule has 0 unspecified atom stereocenters. The zero-order chi connectivity index (χ0) is 16.6. The Morgan fingerprint density at radius 1 is 1.35 bits per heavy atom. The summed E-state index contributed by atoms with van der Waals surface area (Å²) in [7, 11) is 0. The van der Waals surface area contributed by atoms with Gasteiger partial charge in [-0.3, -0.25) is 4.79 Å². The van der Waals surface area contributed by atoms with E-state index in [-0.39, 0.29) is 17.0 Å². The number of nitrogens with zero attached hydrogens (tertiary/aromatic N) is 3. The third-order valence-electron chi connectivity index (χ3n) is 3.33. The van der Waals surface area contributed by atoms with Crippen molar-refractivity contribution in [3.63, 3.8) is 0 Å². The maximum absolute atomic E-state index is 12.5. The van der Waals surface area contributed by atoms with Crippen molar-refractivity contribution in [3.8, 4) is 5.75 Å². The van der Waals surface area contributed by atoms with E-state index in [2.05, 4.69) is 15.4 Å². The van der Waals surface area contributed by atoms with Crippen LogP contribution < -0.4 is 5.32 Å². The van der Waals surface area contributed by atoms with E-state index in [1.165, 1.54) is 0 Å². The summed E-state index contributed by atoms with van der Waals surface area (Å²) in [6.07, 6.45) is 2.12. The van der Waals surface area contributed by atoms with Crippen LogP contribution in [0.15, 0.2) is 36.7 Å². The summed E-state index contributed by atoms with van der Waals surface area (Å²) in [4.78, 5) is 16.7. The highest BCUT2D eigenvalue weighted by molar-refractivity contribution is 6.14. The van der Waals surface area contributed by atoms with E-state index < -0.39 is 12.5 Å². The Morgan fingerprint density at radius 3 is 2.78 bits per heavy atom. The maximum atomic E-state index is 12.5. The lowest BCUT2D eigenvalue weighted by atomic mass is 10.1. The number of halogens is 2. The molecular weight excluding hydrogens is 306 g/mol. The predicted molar refractivity (Wildman–Crippen MR) is 79.6 cm³/mol. The Balaban J connectivity index is 2.01. The Hall–Kier alpha value is -3.03. The molecule has 118 valence electrons. The molecule has 0 aliphatic heterocycles. The number of hydrogen-bond donors (Lipinski definition) is 2. The van der Waals surface area contributed by atoms with E-state index in [0.717, 1.165) is 12.4 Å². The number of anilines is 1. The van der Waals surface area contributed by atoms with Crippen molar-refractivity contribution in [2.24, 2.45) is 0 Å². The van der Waals surface area contributed by atoms with E-state index in [1.807, 2.05) is 0 Å². The summed E-state index contributed by atoms with van der Waals surface area (Å²) in [6.45, 7) is -1.22. The van der Waals surface area contributed by atoms with Gasteiger partial charge in [0.15, 0.2) is 0 Å². The number of nitrogens with one attached hydrogen (secondary N) is 1. The zero-order valence-corrected chi connectivity index (χ0v) is 12.0. The fourth-order valence-corrected chi connectivity index (χ4v) is 2.26. The van der Waals surface area contributed by atoms with Crippen molar-refractivity contribution >= 4 is 22.5 Å². The second-order valence-corrected chi connectivity index (χ2v) is 4.88. The van der Waals surface area contributed by atoms with E-state index in [9.17, 15) is 18.7 Å². The summed E-state index contributed by atoms with van der Waals surface area (Å²) in [5.41, 5.74) is 1.000. The number of fused-ring (bicyclic) bond motifs is 1. The van der Waals surface area contributed by atoms with Crippen molar-refractivity contribution in [1.29, 1.82) is 0 Å². The van der Waals surface area contributed by atoms with Gasteiger partial charge < -0.3 is 10.4 Å². The molecular formula is C15H12F2N4O2. The first kappa shape index (κ1) is 14.9. The van der Waals surface area contributed by atoms with E-state index in [4.69, 9.17) is 0 Å². The number of carbonyl (C=O) groups is 1. The van der Waals surface area contributed by atoms with Gasteiger partial charge in [-0.1, -0.05) is 18.2 Å². The summed E-state index contributed by atoms with van der Waals surface area (Å²) >= 11 is 0. The fourth-order valence-electron chi connectivity index (χ4n) is 2.26. The summed E-state index contributed by atoms with van der Waals surface area (Å²) in [5.74, 6) is -0.875. The molecule has 0 aliphatic rings. The minimum Gasteiger partial charge on any atom is -0.505 e. The lowest BCUT2D eigenvalue weighted by molar-refractivity contribution is 0.0566. The maximum Gasteiger partial charge on any atom is 0.333 e. The van der Waals surface area contributed by atoms with E-state index in [1.54, 1.807) is 31.2 Å². The normalized spacial score (nSPS) is 11.1. The van der Waals surface area contributed by atoms with Crippen molar-refractivity contribution in [1.82, 2.24) is 14.8 Å². The van der Waals surface area contributed by atoms with E-state index in [0.29, 0.717) is 21.3 Å². The van der Waals surface area contributed by atoms with Crippen molar-refractivity contribution in [2.45, 2.75) is 13.5 Å². The average molecular weight is 318 g/mol. The van der Waals surface area contributed by atoms with Crippen LogP contribution in [0.4, 0.5) is 14.5 Å². The number of carbonyl (C=O) groups excluding carboxylic acids is 1. The number of aromatic nitrogens is 3. The topological polar surface area (TPSA) is 80.0 Å². The van der Waals surface area contributed by atoms with Gasteiger partial charge in [0.1, 0.15) is 5.75 Å². The first-order valence-electron chi connectivity index (χ1n) is 6.69. The van der Waals surface area contributed by atoms with Gasteiger partial charge in [-0.15, -0.1) is 0 Å². The first-order valence-corrected chi connectivity index (χ1v) is 6.69. The zero-order valence-electron chi connectivity index (χ0n) is 12.0. The van der Waals surface area contributed by atoms with Crippen LogP contribution in [0.25, 0.3) is 10.9 Å². The lowest BCUT2D eigenvalue weighted by Gasteiger charge is -2.10. The van der Waals surface area contributed by atoms with Crippen LogP contribution in [0.1, 0.15) is 22.6 Å². The summed E-state index contributed by atoms with van der Waals surface area (Å²) in [6, 6.07) is 6.84. The third kappa shape index (κ3) is 2.70. The van der Waals surface area contributed by atoms with Crippen LogP contribution in [0.5, 0.6) is 5.75 Å². The minimum atomic E-state index is -2.79. The second-order valence-electron chi connectivity index (χ2n) is 4.88. The molecule has 0 atom stereocenters. The molecule has 2 heterocycles. The molecule has 2 N–H and O–H groups in total. The molecule has 1 aromatic carbocycles. The molecule has 2 aromatic heterocycles. The van der Waals surface area contributed by atoms with Gasteiger partial charge in [-0.2, -0.15) is 13.9 Å². The molecule has 6 nitrogen and oxygen atoms in total. The van der Waals surface area contributed by atoms with Gasteiger partial charge >= 0.3 is 6.55 Å². The number of aryl methyl sites for hydroxylation is 1. The van der Waals surface area contributed by atoms with Gasteiger partial charge in [0.2, 0.25) is 0 Å². The summed E-state index contributed by atoms with van der Waals surface area (Å²) < 4.78 is 25.4. The molecule has 0 spiro atoms. The lowest BCUT2D eigenvalue weighted by Crippen LogP contribution is -2.13. The van der Waals surface area contributed by atoms with Crippen LogP contribution in [0, 0.1) is 6.92 Å².